The average molecular weight is 372 g/mol. The molecule has 0 aliphatic rings. The van der Waals surface area contributed by atoms with Crippen LogP contribution in [0.3, 0.4) is 0 Å². The van der Waals surface area contributed by atoms with E-state index in [9.17, 15) is 0 Å². The molecule has 0 fully saturated rings. The lowest BCUT2D eigenvalue weighted by Crippen LogP contribution is -1.91. The summed E-state index contributed by atoms with van der Waals surface area (Å²) in [4.78, 5) is 7.71. The zero-order valence-corrected chi connectivity index (χ0v) is 14.2. The Morgan fingerprint density at radius 1 is 0.864 bits per heavy atom. The van der Waals surface area contributed by atoms with Crippen LogP contribution in [0.2, 0.25) is 20.1 Å². The van der Waals surface area contributed by atoms with E-state index >= 15 is 0 Å². The van der Waals surface area contributed by atoms with Crippen LogP contribution in [0, 0.1) is 0 Å². The molecule has 2 aromatic carbocycles. The lowest BCUT2D eigenvalue weighted by atomic mass is 10.1. The van der Waals surface area contributed by atoms with Crippen molar-refractivity contribution in [1.82, 2.24) is 9.97 Å². The third kappa shape index (κ3) is 3.58. The highest BCUT2D eigenvalue weighted by atomic mass is 35.5. The Kier molecular flexibility index (Phi) is 4.65. The molecule has 3 rings (SSSR count). The minimum Gasteiger partial charge on any atom is -0.348 e. The number of rotatable bonds is 3. The predicted molar refractivity (Wildman–Crippen MR) is 93.3 cm³/mol. The van der Waals surface area contributed by atoms with Gasteiger partial charge >= 0.3 is 0 Å². The average Bonchev–Trinajstić information content (AvgIpc) is 2.89. The molecule has 0 saturated carbocycles. The van der Waals surface area contributed by atoms with Crippen LogP contribution in [-0.2, 0) is 6.42 Å². The van der Waals surface area contributed by atoms with Gasteiger partial charge in [-0.25, -0.2) is 4.98 Å². The molecule has 0 unspecified atom stereocenters. The number of aromatic nitrogens is 2. The molecular weight excluding hydrogens is 362 g/mol. The molecular formula is C16H10Cl4N2. The number of halogens is 4. The fourth-order valence-corrected chi connectivity index (χ4v) is 3.03. The molecule has 3 aromatic rings. The van der Waals surface area contributed by atoms with E-state index in [1.54, 1.807) is 18.2 Å². The molecule has 0 saturated heterocycles. The van der Waals surface area contributed by atoms with Crippen molar-refractivity contribution in [2.75, 3.05) is 0 Å². The van der Waals surface area contributed by atoms with Gasteiger partial charge in [-0.05, 0) is 35.9 Å². The van der Waals surface area contributed by atoms with Crippen molar-refractivity contribution in [3.63, 3.8) is 0 Å². The second kappa shape index (κ2) is 6.51. The lowest BCUT2D eigenvalue weighted by molar-refractivity contribution is 1.03. The van der Waals surface area contributed by atoms with E-state index in [0.29, 0.717) is 26.5 Å². The first kappa shape index (κ1) is 15.7. The quantitative estimate of drug-likeness (QED) is 0.576. The zero-order valence-electron chi connectivity index (χ0n) is 11.2. The van der Waals surface area contributed by atoms with Crippen molar-refractivity contribution < 1.29 is 0 Å². The Hall–Kier alpha value is -1.19. The monoisotopic (exact) mass is 370 g/mol. The van der Waals surface area contributed by atoms with Gasteiger partial charge in [0.15, 0.2) is 0 Å². The molecule has 1 aromatic heterocycles. The highest BCUT2D eigenvalue weighted by molar-refractivity contribution is 6.42. The normalized spacial score (nSPS) is 10.9. The number of nitrogens with zero attached hydrogens (tertiary/aromatic N) is 1. The van der Waals surface area contributed by atoms with E-state index in [1.165, 1.54) is 0 Å². The fourth-order valence-electron chi connectivity index (χ4n) is 2.16. The number of hydrogen-bond donors (Lipinski definition) is 1. The second-order valence-electron chi connectivity index (χ2n) is 4.82. The van der Waals surface area contributed by atoms with Crippen molar-refractivity contribution in [3.8, 4) is 11.3 Å². The van der Waals surface area contributed by atoms with Gasteiger partial charge in [-0.2, -0.15) is 0 Å². The van der Waals surface area contributed by atoms with E-state index in [4.69, 9.17) is 46.4 Å². The number of benzene rings is 2. The highest BCUT2D eigenvalue weighted by Crippen LogP contribution is 2.28. The molecule has 2 nitrogen and oxygen atoms in total. The Morgan fingerprint density at radius 3 is 2.27 bits per heavy atom. The summed E-state index contributed by atoms with van der Waals surface area (Å²) in [5.74, 6) is 0.819. The number of nitrogens with one attached hydrogen (secondary N) is 1. The van der Waals surface area contributed by atoms with E-state index < -0.39 is 0 Å². The summed E-state index contributed by atoms with van der Waals surface area (Å²) in [6.45, 7) is 0. The van der Waals surface area contributed by atoms with Crippen LogP contribution in [0.1, 0.15) is 11.4 Å². The van der Waals surface area contributed by atoms with Gasteiger partial charge in [0.25, 0.3) is 0 Å². The van der Waals surface area contributed by atoms with Crippen molar-refractivity contribution in [3.05, 3.63) is 74.1 Å². The summed E-state index contributed by atoms with van der Waals surface area (Å²) in [6, 6.07) is 10.9. The van der Waals surface area contributed by atoms with Crippen molar-refractivity contribution >= 4 is 46.4 Å². The van der Waals surface area contributed by atoms with Crippen LogP contribution in [0.15, 0.2) is 42.6 Å². The lowest BCUT2D eigenvalue weighted by Gasteiger charge is -2.01. The van der Waals surface area contributed by atoms with Gasteiger partial charge in [0.2, 0.25) is 0 Å². The Labute approximate surface area is 148 Å². The minimum absolute atomic E-state index is 0.505. The summed E-state index contributed by atoms with van der Waals surface area (Å²) >= 11 is 24.0. The fraction of sp³-hybridized carbons (Fsp3) is 0.0625. The van der Waals surface area contributed by atoms with Gasteiger partial charge in [0, 0.05) is 28.2 Å². The zero-order chi connectivity index (χ0) is 15.7. The summed E-state index contributed by atoms with van der Waals surface area (Å²) in [5.41, 5.74) is 2.70. The number of imidazole rings is 1. The van der Waals surface area contributed by atoms with Crippen molar-refractivity contribution in [2.24, 2.45) is 0 Å². The molecule has 6 heteroatoms. The first-order valence-electron chi connectivity index (χ1n) is 6.46. The SMILES string of the molecule is Clc1cc(Cl)cc(Cc2nc(-c3ccc(Cl)c(Cl)c3)c[nH]2)c1. The number of hydrogen-bond acceptors (Lipinski definition) is 1. The van der Waals surface area contributed by atoms with Crippen molar-refractivity contribution in [2.45, 2.75) is 6.42 Å². The Bertz CT molecular complexity index is 807. The number of H-pyrrole nitrogens is 1. The summed E-state index contributed by atoms with van der Waals surface area (Å²) < 4.78 is 0. The van der Waals surface area contributed by atoms with Gasteiger partial charge in [0.05, 0.1) is 15.7 Å². The highest BCUT2D eigenvalue weighted by Gasteiger charge is 2.08. The van der Waals surface area contributed by atoms with Gasteiger partial charge in [0.1, 0.15) is 5.82 Å². The van der Waals surface area contributed by atoms with E-state index in [-0.39, 0.29) is 0 Å². The van der Waals surface area contributed by atoms with Crippen LogP contribution in [0.5, 0.6) is 0 Å². The minimum atomic E-state index is 0.505. The maximum atomic E-state index is 6.04. The third-order valence-corrected chi connectivity index (χ3v) is 4.32. The van der Waals surface area contributed by atoms with Crippen LogP contribution < -0.4 is 0 Å². The van der Waals surface area contributed by atoms with Crippen LogP contribution in [-0.4, -0.2) is 9.97 Å². The molecule has 0 atom stereocenters. The molecule has 0 bridgehead atoms. The van der Waals surface area contributed by atoms with E-state index in [1.807, 2.05) is 24.4 Å². The molecule has 0 aliphatic heterocycles. The summed E-state index contributed by atoms with van der Waals surface area (Å²) in [6.07, 6.45) is 2.45. The molecule has 0 aliphatic carbocycles. The van der Waals surface area contributed by atoms with Crippen molar-refractivity contribution in [1.29, 1.82) is 0 Å². The maximum absolute atomic E-state index is 6.04. The van der Waals surface area contributed by atoms with Gasteiger partial charge in [-0.1, -0.05) is 52.5 Å². The Balaban J connectivity index is 1.85. The molecule has 0 radical (unpaired) electrons. The van der Waals surface area contributed by atoms with Gasteiger partial charge in [-0.3, -0.25) is 0 Å². The second-order valence-corrected chi connectivity index (χ2v) is 6.50. The molecule has 0 amide bonds. The molecule has 22 heavy (non-hydrogen) atoms. The summed E-state index contributed by atoms with van der Waals surface area (Å²) in [5, 5.41) is 2.25. The standard InChI is InChI=1S/C16H10Cl4N2/c17-11-3-9(4-12(18)7-11)5-16-21-8-15(22-16)10-1-2-13(19)14(20)6-10/h1-4,6-8H,5H2,(H,21,22). The first-order chi connectivity index (χ1) is 10.5. The molecule has 112 valence electrons. The summed E-state index contributed by atoms with van der Waals surface area (Å²) in [7, 11) is 0. The molecule has 0 spiro atoms. The maximum Gasteiger partial charge on any atom is 0.111 e. The van der Waals surface area contributed by atoms with E-state index in [2.05, 4.69) is 9.97 Å². The Morgan fingerprint density at radius 2 is 1.59 bits per heavy atom. The number of aromatic amines is 1. The third-order valence-electron chi connectivity index (χ3n) is 3.14. The topological polar surface area (TPSA) is 28.7 Å². The van der Waals surface area contributed by atoms with E-state index in [0.717, 1.165) is 22.6 Å². The smallest absolute Gasteiger partial charge is 0.111 e. The molecule has 1 N–H and O–H groups in total. The van der Waals surface area contributed by atoms with Crippen LogP contribution in [0.4, 0.5) is 0 Å². The molecule has 1 heterocycles. The first-order valence-corrected chi connectivity index (χ1v) is 7.97. The van der Waals surface area contributed by atoms with Gasteiger partial charge < -0.3 is 4.98 Å². The largest absolute Gasteiger partial charge is 0.348 e. The predicted octanol–water partition coefficient (Wildman–Crippen LogP) is 6.28. The van der Waals surface area contributed by atoms with Gasteiger partial charge in [-0.15, -0.1) is 0 Å². The van der Waals surface area contributed by atoms with Crippen LogP contribution >= 0.6 is 46.4 Å². The van der Waals surface area contributed by atoms with Crippen LogP contribution in [0.25, 0.3) is 11.3 Å².